The van der Waals surface area contributed by atoms with Crippen molar-refractivity contribution in [2.45, 2.75) is 5.92 Å². The lowest BCUT2D eigenvalue weighted by atomic mass is 9.97. The van der Waals surface area contributed by atoms with Gasteiger partial charge in [-0.05, 0) is 79.3 Å². The summed E-state index contributed by atoms with van der Waals surface area (Å²) in [6.07, 6.45) is 1.65. The Morgan fingerprint density at radius 1 is 0.909 bits per heavy atom. The van der Waals surface area contributed by atoms with E-state index in [0.717, 1.165) is 43.1 Å². The van der Waals surface area contributed by atoms with E-state index in [2.05, 4.69) is 44.6 Å². The minimum atomic E-state index is -0.563. The Balaban J connectivity index is 1.13. The number of ketones is 1. The highest BCUT2D eigenvalue weighted by Gasteiger charge is 2.30. The smallest absolute Gasteiger partial charge is 0.255 e. The second kappa shape index (κ2) is 12.3. The van der Waals surface area contributed by atoms with Gasteiger partial charge >= 0.3 is 0 Å². The average Bonchev–Trinajstić information content (AvgIpc) is 3.38. The van der Waals surface area contributed by atoms with Crippen LogP contribution in [0.3, 0.4) is 0 Å². The second-order valence-corrected chi connectivity index (χ2v) is 10.9. The molecule has 0 bridgehead atoms. The number of amides is 2. The number of carbonyl (C=O) groups excluding carboxylic acids is 3. The number of nitriles is 1. The van der Waals surface area contributed by atoms with Crippen molar-refractivity contribution in [2.24, 2.45) is 4.99 Å². The zero-order chi connectivity index (χ0) is 30.6. The van der Waals surface area contributed by atoms with Gasteiger partial charge in [0.25, 0.3) is 5.91 Å². The number of nitrogens with zero attached hydrogens (tertiary/aromatic N) is 4. The molecule has 2 heterocycles. The lowest BCUT2D eigenvalue weighted by molar-refractivity contribution is -0.115. The number of piperazine rings is 1. The number of benzene rings is 4. The van der Waals surface area contributed by atoms with Crippen LogP contribution in [0.1, 0.15) is 43.3 Å². The first-order valence-electron chi connectivity index (χ1n) is 14.4. The van der Waals surface area contributed by atoms with E-state index in [9.17, 15) is 14.4 Å². The van der Waals surface area contributed by atoms with Crippen LogP contribution >= 0.6 is 0 Å². The fourth-order valence-corrected chi connectivity index (χ4v) is 5.36. The van der Waals surface area contributed by atoms with Crippen LogP contribution in [0.15, 0.2) is 96.0 Å². The van der Waals surface area contributed by atoms with Crippen molar-refractivity contribution >= 4 is 46.6 Å². The molecule has 44 heavy (non-hydrogen) atoms. The van der Waals surface area contributed by atoms with Crippen LogP contribution in [0.25, 0.3) is 0 Å². The number of nitrogens with one attached hydrogen (secondary N) is 2. The first-order chi connectivity index (χ1) is 21.4. The Hall–Kier alpha value is -5.59. The minimum Gasteiger partial charge on any atom is -0.369 e. The van der Waals surface area contributed by atoms with Crippen molar-refractivity contribution in [2.75, 3.05) is 48.8 Å². The summed E-state index contributed by atoms with van der Waals surface area (Å²) in [6.45, 7) is 4.05. The third-order valence-corrected chi connectivity index (χ3v) is 7.94. The molecule has 0 aliphatic carbocycles. The molecular weight excluding hydrogens is 552 g/mol. The van der Waals surface area contributed by atoms with Crippen LogP contribution < -0.4 is 15.5 Å². The number of hydrogen-bond donors (Lipinski definition) is 2. The number of likely N-dealkylation sites (N-methyl/N-ethyl adjacent to an activating group) is 1. The number of rotatable bonds is 7. The number of carbonyl (C=O) groups is 3. The van der Waals surface area contributed by atoms with Crippen molar-refractivity contribution in [3.05, 3.63) is 119 Å². The first-order valence-corrected chi connectivity index (χ1v) is 14.4. The number of anilines is 3. The molecule has 0 spiro atoms. The van der Waals surface area contributed by atoms with Gasteiger partial charge in [-0.25, -0.2) is 0 Å². The maximum absolute atomic E-state index is 13.4. The molecule has 218 valence electrons. The normalized spacial score (nSPS) is 16.3. The van der Waals surface area contributed by atoms with Crippen LogP contribution in [-0.4, -0.2) is 61.9 Å². The van der Waals surface area contributed by atoms with E-state index in [1.165, 1.54) is 0 Å². The van der Waals surface area contributed by atoms with Gasteiger partial charge in [0.05, 0.1) is 17.3 Å². The molecule has 1 fully saturated rings. The summed E-state index contributed by atoms with van der Waals surface area (Å²) in [5, 5.41) is 14.6. The molecule has 2 aliphatic heterocycles. The molecule has 2 N–H and O–H groups in total. The summed E-state index contributed by atoms with van der Waals surface area (Å²) in [5.74, 6) is -1.35. The predicted octanol–water partition coefficient (Wildman–Crippen LogP) is 5.23. The molecule has 9 nitrogen and oxygen atoms in total. The molecule has 1 saturated heterocycles. The summed E-state index contributed by atoms with van der Waals surface area (Å²) in [4.78, 5) is 48.1. The van der Waals surface area contributed by atoms with Gasteiger partial charge < -0.3 is 20.4 Å². The van der Waals surface area contributed by atoms with Crippen molar-refractivity contribution < 1.29 is 14.4 Å². The van der Waals surface area contributed by atoms with Gasteiger partial charge in [-0.15, -0.1) is 0 Å². The van der Waals surface area contributed by atoms with Gasteiger partial charge in [0.15, 0.2) is 5.78 Å². The molecule has 1 unspecified atom stereocenters. The topological polar surface area (TPSA) is 118 Å². The highest BCUT2D eigenvalue weighted by Crippen LogP contribution is 2.33. The lowest BCUT2D eigenvalue weighted by Crippen LogP contribution is -2.44. The zero-order valence-electron chi connectivity index (χ0n) is 24.2. The first kappa shape index (κ1) is 28.5. The molecule has 4 aromatic carbocycles. The van der Waals surface area contributed by atoms with Crippen molar-refractivity contribution in [3.8, 4) is 6.07 Å². The third kappa shape index (κ3) is 6.11. The monoisotopic (exact) mass is 582 g/mol. The molecule has 6 rings (SSSR count). The van der Waals surface area contributed by atoms with Gasteiger partial charge in [0.2, 0.25) is 5.91 Å². The highest BCUT2D eigenvalue weighted by molar-refractivity contribution is 6.15. The van der Waals surface area contributed by atoms with Crippen molar-refractivity contribution in [1.29, 1.82) is 5.26 Å². The summed E-state index contributed by atoms with van der Waals surface area (Å²) in [6, 6.07) is 28.2. The average molecular weight is 583 g/mol. The highest BCUT2D eigenvalue weighted by atomic mass is 16.2. The van der Waals surface area contributed by atoms with Crippen LogP contribution in [0.4, 0.5) is 22.7 Å². The molecule has 0 radical (unpaired) electrons. The second-order valence-electron chi connectivity index (χ2n) is 10.9. The van der Waals surface area contributed by atoms with Gasteiger partial charge in [0, 0.05) is 66.1 Å². The van der Waals surface area contributed by atoms with Gasteiger partial charge in [-0.2, -0.15) is 5.26 Å². The fourth-order valence-electron chi connectivity index (χ4n) is 5.36. The molecule has 2 aliphatic rings. The molecule has 1 atom stereocenters. The summed E-state index contributed by atoms with van der Waals surface area (Å²) >= 11 is 0. The Bertz CT molecular complexity index is 1800. The Morgan fingerprint density at radius 2 is 1.61 bits per heavy atom. The standard InChI is InChI=1S/C35H30N6O3/c1-40-15-17-41(18-16-40)29-12-10-27(11-13-29)37-22-31-30-14-9-26(20-32(30)39-35(31)44)33(42)25-3-2-4-28(19-25)38-34(43)24-7-5-23(21-36)6-8-24/h2-14,19-20,22,31H,15-18H2,1H3,(H,38,43)(H,39,44). The summed E-state index contributed by atoms with van der Waals surface area (Å²) < 4.78 is 0. The van der Waals surface area contributed by atoms with E-state index >= 15 is 0 Å². The van der Waals surface area contributed by atoms with E-state index < -0.39 is 5.92 Å². The number of fused-ring (bicyclic) bond motifs is 1. The molecule has 0 aromatic heterocycles. The quantitative estimate of drug-likeness (QED) is 0.228. The summed E-state index contributed by atoms with van der Waals surface area (Å²) in [5.41, 5.74) is 5.40. The van der Waals surface area contributed by atoms with Gasteiger partial charge in [0.1, 0.15) is 5.92 Å². The van der Waals surface area contributed by atoms with Crippen LogP contribution in [0, 0.1) is 11.3 Å². The molecular formula is C35H30N6O3. The van der Waals surface area contributed by atoms with Crippen LogP contribution in [0.5, 0.6) is 0 Å². The molecule has 4 aromatic rings. The van der Waals surface area contributed by atoms with E-state index in [0.29, 0.717) is 33.6 Å². The van der Waals surface area contributed by atoms with Crippen LogP contribution in [-0.2, 0) is 4.79 Å². The molecule has 0 saturated carbocycles. The molecule has 2 amide bonds. The Morgan fingerprint density at radius 3 is 2.34 bits per heavy atom. The Kier molecular flexibility index (Phi) is 8.00. The summed E-state index contributed by atoms with van der Waals surface area (Å²) in [7, 11) is 2.13. The van der Waals surface area contributed by atoms with E-state index in [-0.39, 0.29) is 17.6 Å². The zero-order valence-corrected chi connectivity index (χ0v) is 24.2. The number of aliphatic imine (C=N–C) groups is 1. The van der Waals surface area contributed by atoms with Crippen LogP contribution in [0.2, 0.25) is 0 Å². The predicted molar refractivity (Wildman–Crippen MR) is 171 cm³/mol. The lowest BCUT2D eigenvalue weighted by Gasteiger charge is -2.34. The fraction of sp³-hybridized carbons (Fsp3) is 0.171. The Labute approximate surface area is 255 Å². The van der Waals surface area contributed by atoms with Gasteiger partial charge in [-0.3, -0.25) is 19.4 Å². The van der Waals surface area contributed by atoms with E-state index in [1.807, 2.05) is 18.2 Å². The van der Waals surface area contributed by atoms with E-state index in [4.69, 9.17) is 5.26 Å². The largest absolute Gasteiger partial charge is 0.369 e. The van der Waals surface area contributed by atoms with Crippen molar-refractivity contribution in [1.82, 2.24) is 4.90 Å². The van der Waals surface area contributed by atoms with Crippen molar-refractivity contribution in [3.63, 3.8) is 0 Å². The number of hydrogen-bond acceptors (Lipinski definition) is 7. The van der Waals surface area contributed by atoms with E-state index in [1.54, 1.807) is 72.9 Å². The maximum atomic E-state index is 13.4. The molecule has 9 heteroatoms. The maximum Gasteiger partial charge on any atom is 0.255 e. The SMILES string of the molecule is CN1CCN(c2ccc(N=CC3C(=O)Nc4cc(C(=O)c5cccc(NC(=O)c6ccc(C#N)cc6)c5)ccc43)cc2)CC1. The minimum absolute atomic E-state index is 0.199. The third-order valence-electron chi connectivity index (χ3n) is 7.94. The van der Waals surface area contributed by atoms with Gasteiger partial charge in [-0.1, -0.05) is 24.3 Å².